The van der Waals surface area contributed by atoms with Crippen LogP contribution in [0.5, 0.6) is 0 Å². The van der Waals surface area contributed by atoms with Crippen LogP contribution in [0, 0.1) is 5.41 Å². The van der Waals surface area contributed by atoms with Gasteiger partial charge in [-0.25, -0.2) is 0 Å². The summed E-state index contributed by atoms with van der Waals surface area (Å²) in [6.45, 7) is 8.57. The minimum Gasteiger partial charge on any atom is -0.409 e. The maximum atomic E-state index is 8.75. The average Bonchev–Trinajstić information content (AvgIpc) is 2.35. The number of nitrogens with two attached hydrogens (primary N) is 1. The Bertz CT molecular complexity index is 263. The molecule has 0 amide bonds. The molecule has 4 heteroatoms. The van der Waals surface area contributed by atoms with Crippen molar-refractivity contribution in [3.63, 3.8) is 0 Å². The van der Waals surface area contributed by atoms with E-state index >= 15 is 0 Å². The van der Waals surface area contributed by atoms with Crippen LogP contribution < -0.4 is 5.73 Å². The number of nitrogens with zero attached hydrogens (tertiary/aromatic N) is 2. The summed E-state index contributed by atoms with van der Waals surface area (Å²) in [7, 11) is 0. The lowest BCUT2D eigenvalue weighted by Crippen LogP contribution is -2.42. The van der Waals surface area contributed by atoms with Crippen molar-refractivity contribution in [3.8, 4) is 0 Å². The predicted molar refractivity (Wildman–Crippen MR) is 71.3 cm³/mol. The molecule has 1 aliphatic rings. The highest BCUT2D eigenvalue weighted by Crippen LogP contribution is 2.25. The van der Waals surface area contributed by atoms with E-state index in [9.17, 15) is 0 Å². The van der Waals surface area contributed by atoms with Crippen LogP contribution in [0.3, 0.4) is 0 Å². The molecule has 0 aromatic carbocycles. The fourth-order valence-corrected chi connectivity index (χ4v) is 2.50. The van der Waals surface area contributed by atoms with E-state index in [0.717, 1.165) is 19.0 Å². The Kier molecular flexibility index (Phi) is 5.25. The monoisotopic (exact) mass is 241 g/mol. The van der Waals surface area contributed by atoms with Gasteiger partial charge >= 0.3 is 0 Å². The molecular weight excluding hydrogens is 214 g/mol. The molecule has 0 radical (unpaired) electrons. The summed E-state index contributed by atoms with van der Waals surface area (Å²) < 4.78 is 0. The van der Waals surface area contributed by atoms with Crippen molar-refractivity contribution < 1.29 is 5.21 Å². The summed E-state index contributed by atoms with van der Waals surface area (Å²) in [6.07, 6.45) is 6.16. The van der Waals surface area contributed by atoms with Gasteiger partial charge in [0, 0.05) is 11.5 Å². The Morgan fingerprint density at radius 3 is 2.76 bits per heavy atom. The maximum Gasteiger partial charge on any atom is 0.144 e. The van der Waals surface area contributed by atoms with Gasteiger partial charge in [0.1, 0.15) is 5.84 Å². The van der Waals surface area contributed by atoms with Crippen molar-refractivity contribution in [2.45, 2.75) is 58.9 Å². The molecule has 0 aromatic heterocycles. The molecule has 1 rings (SSSR count). The first-order chi connectivity index (χ1) is 8.01. The van der Waals surface area contributed by atoms with E-state index in [-0.39, 0.29) is 5.41 Å². The van der Waals surface area contributed by atoms with Crippen molar-refractivity contribution in [1.82, 2.24) is 4.90 Å². The van der Waals surface area contributed by atoms with Gasteiger partial charge in [-0.15, -0.1) is 0 Å². The third kappa shape index (κ3) is 3.87. The average molecular weight is 241 g/mol. The van der Waals surface area contributed by atoms with Crippen molar-refractivity contribution in [2.75, 3.05) is 13.1 Å². The van der Waals surface area contributed by atoms with Gasteiger partial charge in [-0.1, -0.05) is 32.3 Å². The zero-order valence-corrected chi connectivity index (χ0v) is 11.4. The van der Waals surface area contributed by atoms with Crippen molar-refractivity contribution in [3.05, 3.63) is 0 Å². The maximum absolute atomic E-state index is 8.75. The lowest BCUT2D eigenvalue weighted by molar-refractivity contribution is 0.132. The Morgan fingerprint density at radius 1 is 1.47 bits per heavy atom. The van der Waals surface area contributed by atoms with E-state index in [1.165, 1.54) is 32.2 Å². The highest BCUT2D eigenvalue weighted by molar-refractivity contribution is 5.85. The van der Waals surface area contributed by atoms with E-state index in [4.69, 9.17) is 10.9 Å². The first kappa shape index (κ1) is 14.3. The molecule has 3 N–H and O–H groups in total. The lowest BCUT2D eigenvalue weighted by atomic mass is 9.87. The fraction of sp³-hybridized carbons (Fsp3) is 0.923. The molecule has 0 saturated carbocycles. The van der Waals surface area contributed by atoms with Crippen LogP contribution in [0.25, 0.3) is 0 Å². The first-order valence-electron chi connectivity index (χ1n) is 6.73. The van der Waals surface area contributed by atoms with E-state index < -0.39 is 0 Å². The highest BCUT2D eigenvalue weighted by Gasteiger charge is 2.27. The Labute approximate surface area is 105 Å². The molecule has 0 spiro atoms. The molecule has 0 aliphatic carbocycles. The Morgan fingerprint density at radius 2 is 2.18 bits per heavy atom. The highest BCUT2D eigenvalue weighted by atomic mass is 16.4. The second kappa shape index (κ2) is 6.24. The minimum atomic E-state index is -0.218. The Hall–Kier alpha value is -0.770. The second-order valence-electron chi connectivity index (χ2n) is 5.71. The number of amidine groups is 1. The standard InChI is InChI=1S/C13H27N3O/c1-4-11-7-5-6-9-16(11)10-8-13(2,3)12(14)15-17/h11,17H,4-10H2,1-3H3,(H2,14,15). The van der Waals surface area contributed by atoms with Crippen molar-refractivity contribution >= 4 is 5.84 Å². The summed E-state index contributed by atoms with van der Waals surface area (Å²) >= 11 is 0. The largest absolute Gasteiger partial charge is 0.409 e. The molecule has 1 unspecified atom stereocenters. The molecule has 1 fully saturated rings. The van der Waals surface area contributed by atoms with Crippen LogP contribution in [0.1, 0.15) is 52.9 Å². The normalized spacial score (nSPS) is 23.9. The SMILES string of the molecule is CCC1CCCCN1CCC(C)(C)C(N)=NO. The molecule has 100 valence electrons. The third-order valence-electron chi connectivity index (χ3n) is 4.05. The molecular formula is C13H27N3O. The van der Waals surface area contributed by atoms with Gasteiger partial charge in [-0.05, 0) is 38.8 Å². The molecule has 17 heavy (non-hydrogen) atoms. The molecule has 0 aromatic rings. The molecule has 1 aliphatic heterocycles. The van der Waals surface area contributed by atoms with Crippen LogP contribution >= 0.6 is 0 Å². The zero-order valence-electron chi connectivity index (χ0n) is 11.4. The van der Waals surface area contributed by atoms with Gasteiger partial charge in [0.15, 0.2) is 0 Å². The topological polar surface area (TPSA) is 61.8 Å². The van der Waals surface area contributed by atoms with E-state index in [2.05, 4.69) is 17.0 Å². The molecule has 1 saturated heterocycles. The number of piperidine rings is 1. The van der Waals surface area contributed by atoms with Gasteiger partial charge in [0.05, 0.1) is 0 Å². The van der Waals surface area contributed by atoms with E-state index in [0.29, 0.717) is 5.84 Å². The zero-order chi connectivity index (χ0) is 12.9. The van der Waals surface area contributed by atoms with Gasteiger partial charge in [-0.2, -0.15) is 0 Å². The minimum absolute atomic E-state index is 0.218. The van der Waals surface area contributed by atoms with Gasteiger partial charge in [0.25, 0.3) is 0 Å². The predicted octanol–water partition coefficient (Wildman–Crippen LogP) is 2.41. The van der Waals surface area contributed by atoms with Crippen LogP contribution in [-0.2, 0) is 0 Å². The van der Waals surface area contributed by atoms with Gasteiger partial charge in [-0.3, -0.25) is 0 Å². The van der Waals surface area contributed by atoms with Crippen molar-refractivity contribution in [1.29, 1.82) is 0 Å². The van der Waals surface area contributed by atoms with Crippen LogP contribution in [0.2, 0.25) is 0 Å². The second-order valence-corrected chi connectivity index (χ2v) is 5.71. The number of oxime groups is 1. The number of likely N-dealkylation sites (tertiary alicyclic amines) is 1. The molecule has 0 bridgehead atoms. The summed E-state index contributed by atoms with van der Waals surface area (Å²) in [5, 5.41) is 11.9. The molecule has 1 atom stereocenters. The number of rotatable bonds is 5. The van der Waals surface area contributed by atoms with Crippen molar-refractivity contribution in [2.24, 2.45) is 16.3 Å². The van der Waals surface area contributed by atoms with Gasteiger partial charge < -0.3 is 15.8 Å². The lowest BCUT2D eigenvalue weighted by Gasteiger charge is -2.37. The molecule has 1 heterocycles. The smallest absolute Gasteiger partial charge is 0.144 e. The number of hydrogen-bond donors (Lipinski definition) is 2. The summed E-state index contributed by atoms with van der Waals surface area (Å²) in [5.74, 6) is 0.336. The summed E-state index contributed by atoms with van der Waals surface area (Å²) in [6, 6.07) is 0.729. The van der Waals surface area contributed by atoms with Crippen LogP contribution in [-0.4, -0.2) is 35.1 Å². The Balaban J connectivity index is 2.48. The van der Waals surface area contributed by atoms with E-state index in [1.54, 1.807) is 0 Å². The van der Waals surface area contributed by atoms with Gasteiger partial charge in [0.2, 0.25) is 0 Å². The van der Waals surface area contributed by atoms with Crippen LogP contribution in [0.15, 0.2) is 5.16 Å². The summed E-state index contributed by atoms with van der Waals surface area (Å²) in [4.78, 5) is 2.57. The van der Waals surface area contributed by atoms with E-state index in [1.807, 2.05) is 13.8 Å². The van der Waals surface area contributed by atoms with Crippen LogP contribution in [0.4, 0.5) is 0 Å². The summed E-state index contributed by atoms with van der Waals surface area (Å²) in [5.41, 5.74) is 5.50. The fourth-order valence-electron chi connectivity index (χ4n) is 2.50. The molecule has 4 nitrogen and oxygen atoms in total. The number of hydrogen-bond acceptors (Lipinski definition) is 3. The quantitative estimate of drug-likeness (QED) is 0.336. The third-order valence-corrected chi connectivity index (χ3v) is 4.05. The first-order valence-corrected chi connectivity index (χ1v) is 6.73.